The molecular formula is C32H36FN3O4. The Morgan fingerprint density at radius 3 is 2.45 bits per heavy atom. The highest BCUT2D eigenvalue weighted by Gasteiger charge is 2.25. The number of halogens is 1. The van der Waals surface area contributed by atoms with Gasteiger partial charge in [-0.05, 0) is 61.6 Å². The predicted molar refractivity (Wildman–Crippen MR) is 155 cm³/mol. The van der Waals surface area contributed by atoms with Crippen molar-refractivity contribution < 1.29 is 23.5 Å². The van der Waals surface area contributed by atoms with E-state index in [9.17, 15) is 14.0 Å². The van der Waals surface area contributed by atoms with Gasteiger partial charge in [0.2, 0.25) is 0 Å². The van der Waals surface area contributed by atoms with Gasteiger partial charge in [0.1, 0.15) is 18.5 Å². The quantitative estimate of drug-likeness (QED) is 0.163. The van der Waals surface area contributed by atoms with Crippen molar-refractivity contribution in [1.82, 2.24) is 10.7 Å². The molecule has 0 aromatic heterocycles. The van der Waals surface area contributed by atoms with Crippen molar-refractivity contribution in [2.75, 3.05) is 6.61 Å². The summed E-state index contributed by atoms with van der Waals surface area (Å²) in [5.74, 6) is -0.941. The van der Waals surface area contributed by atoms with E-state index in [0.29, 0.717) is 36.7 Å². The molecule has 3 aromatic rings. The lowest BCUT2D eigenvalue weighted by Gasteiger charge is -2.20. The molecule has 0 radical (unpaired) electrons. The van der Waals surface area contributed by atoms with Gasteiger partial charge in [0, 0.05) is 5.56 Å². The summed E-state index contributed by atoms with van der Waals surface area (Å²) in [6, 6.07) is 16.5. The number of ether oxygens (including phenoxy) is 2. The van der Waals surface area contributed by atoms with E-state index >= 15 is 0 Å². The first-order valence-corrected chi connectivity index (χ1v) is 13.2. The van der Waals surface area contributed by atoms with Gasteiger partial charge in [-0.3, -0.25) is 9.59 Å². The van der Waals surface area contributed by atoms with E-state index in [1.54, 1.807) is 32.1 Å². The Labute approximate surface area is 235 Å². The molecular weight excluding hydrogens is 509 g/mol. The van der Waals surface area contributed by atoms with Gasteiger partial charge < -0.3 is 14.8 Å². The lowest BCUT2D eigenvalue weighted by atomic mass is 10.0. The van der Waals surface area contributed by atoms with Gasteiger partial charge in [-0.15, -0.1) is 6.58 Å². The second-order valence-electron chi connectivity index (χ2n) is 9.62. The van der Waals surface area contributed by atoms with Crippen molar-refractivity contribution in [2.45, 2.75) is 46.8 Å². The van der Waals surface area contributed by atoms with Crippen molar-refractivity contribution in [3.8, 4) is 11.5 Å². The average molecular weight is 546 g/mol. The molecule has 7 nitrogen and oxygen atoms in total. The van der Waals surface area contributed by atoms with E-state index in [1.807, 2.05) is 44.2 Å². The largest absolute Gasteiger partial charge is 0.490 e. The van der Waals surface area contributed by atoms with E-state index in [4.69, 9.17) is 9.47 Å². The summed E-state index contributed by atoms with van der Waals surface area (Å²) in [4.78, 5) is 25.4. The minimum Gasteiger partial charge on any atom is -0.490 e. The smallest absolute Gasteiger partial charge is 0.262 e. The highest BCUT2D eigenvalue weighted by Crippen LogP contribution is 2.34. The minimum absolute atomic E-state index is 0.132. The number of benzene rings is 3. The van der Waals surface area contributed by atoms with Crippen LogP contribution in [0.1, 0.15) is 53.4 Å². The number of nitrogens with one attached hydrogen (secondary N) is 2. The maximum Gasteiger partial charge on any atom is 0.262 e. The Morgan fingerprint density at radius 2 is 1.80 bits per heavy atom. The van der Waals surface area contributed by atoms with Crippen molar-refractivity contribution in [3.05, 3.63) is 107 Å². The Morgan fingerprint density at radius 1 is 1.07 bits per heavy atom. The molecule has 0 saturated carbocycles. The van der Waals surface area contributed by atoms with Crippen molar-refractivity contribution >= 4 is 18.0 Å². The zero-order valence-corrected chi connectivity index (χ0v) is 23.4. The van der Waals surface area contributed by atoms with Crippen LogP contribution in [-0.2, 0) is 17.8 Å². The van der Waals surface area contributed by atoms with Crippen LogP contribution in [0.4, 0.5) is 4.39 Å². The lowest BCUT2D eigenvalue weighted by molar-refractivity contribution is -0.123. The molecule has 40 heavy (non-hydrogen) atoms. The second-order valence-corrected chi connectivity index (χ2v) is 9.62. The number of rotatable bonds is 13. The highest BCUT2D eigenvalue weighted by molar-refractivity contribution is 5.98. The Hall–Kier alpha value is -4.46. The van der Waals surface area contributed by atoms with Crippen LogP contribution in [0.5, 0.6) is 11.5 Å². The van der Waals surface area contributed by atoms with E-state index in [1.165, 1.54) is 30.0 Å². The molecule has 3 aromatic carbocycles. The summed E-state index contributed by atoms with van der Waals surface area (Å²) in [5.41, 5.74) is 6.10. The molecule has 0 saturated heterocycles. The number of hydrogen-bond acceptors (Lipinski definition) is 5. The van der Waals surface area contributed by atoms with Gasteiger partial charge >= 0.3 is 0 Å². The van der Waals surface area contributed by atoms with E-state index < -0.39 is 23.7 Å². The van der Waals surface area contributed by atoms with Crippen LogP contribution in [-0.4, -0.2) is 30.7 Å². The average Bonchev–Trinajstić information content (AvgIpc) is 2.92. The number of carbonyl (C=O) groups is 2. The van der Waals surface area contributed by atoms with Gasteiger partial charge in [-0.2, -0.15) is 5.10 Å². The zero-order valence-electron chi connectivity index (χ0n) is 23.4. The van der Waals surface area contributed by atoms with Crippen molar-refractivity contribution in [2.24, 2.45) is 11.0 Å². The monoisotopic (exact) mass is 545 g/mol. The fraction of sp³-hybridized carbons (Fsp3) is 0.281. The molecule has 0 aliphatic rings. The third-order valence-electron chi connectivity index (χ3n) is 6.06. The number of nitrogens with zero attached hydrogens (tertiary/aromatic N) is 1. The molecule has 210 valence electrons. The van der Waals surface area contributed by atoms with Gasteiger partial charge in [0.15, 0.2) is 11.5 Å². The predicted octanol–water partition coefficient (Wildman–Crippen LogP) is 5.75. The molecule has 2 amide bonds. The van der Waals surface area contributed by atoms with Gasteiger partial charge in [-0.1, -0.05) is 61.9 Å². The van der Waals surface area contributed by atoms with Gasteiger partial charge in [-0.25, -0.2) is 9.82 Å². The fourth-order valence-electron chi connectivity index (χ4n) is 3.97. The van der Waals surface area contributed by atoms with Crippen LogP contribution >= 0.6 is 0 Å². The molecule has 0 aliphatic heterocycles. The number of amides is 2. The third kappa shape index (κ3) is 8.27. The molecule has 1 unspecified atom stereocenters. The third-order valence-corrected chi connectivity index (χ3v) is 6.06. The van der Waals surface area contributed by atoms with E-state index in [2.05, 4.69) is 22.4 Å². The van der Waals surface area contributed by atoms with Crippen molar-refractivity contribution in [1.29, 1.82) is 0 Å². The van der Waals surface area contributed by atoms with E-state index in [0.717, 1.165) is 11.1 Å². The number of carbonyl (C=O) groups excluding carboxylic acids is 2. The number of aryl methyl sites for hydroxylation is 1. The molecule has 2 N–H and O–H groups in total. The van der Waals surface area contributed by atoms with Gasteiger partial charge in [0.05, 0.1) is 18.4 Å². The van der Waals surface area contributed by atoms with Crippen molar-refractivity contribution in [3.63, 3.8) is 0 Å². The Kier molecular flexibility index (Phi) is 11.0. The molecule has 0 spiro atoms. The summed E-state index contributed by atoms with van der Waals surface area (Å²) in [7, 11) is 0. The van der Waals surface area contributed by atoms with Crippen LogP contribution < -0.4 is 20.2 Å². The summed E-state index contributed by atoms with van der Waals surface area (Å²) in [6.07, 6.45) is 3.81. The zero-order chi connectivity index (χ0) is 29.1. The molecule has 0 aliphatic carbocycles. The molecule has 3 rings (SSSR count). The first-order valence-electron chi connectivity index (χ1n) is 13.2. The van der Waals surface area contributed by atoms with Crippen LogP contribution in [0.2, 0.25) is 0 Å². The summed E-state index contributed by atoms with van der Waals surface area (Å²) in [5, 5.41) is 6.70. The maximum absolute atomic E-state index is 14.0. The first-order chi connectivity index (χ1) is 19.2. The SMILES string of the molecule is C=CCc1cc(/C=N/NC(=O)C(NC(=O)c2ccccc2F)C(C)C)cc(OCC)c1OCc1ccc(C)cc1. The normalized spacial score (nSPS) is 11.8. The minimum atomic E-state index is -0.919. The standard InChI is InChI=1S/C32H36FN3O4/c1-6-10-25-17-24(18-28(39-7-2)30(25)40-20-23-15-13-22(5)14-16-23)19-34-36-32(38)29(21(3)4)35-31(37)26-11-8-9-12-27(26)33/h6,8-9,11-19,21,29H,1,7,10,20H2,2-5H3,(H,35,37)(H,36,38)/b34-19+. The van der Waals surface area contributed by atoms with Crippen LogP contribution in [0, 0.1) is 18.7 Å². The number of allylic oxidation sites excluding steroid dienone is 1. The fourth-order valence-corrected chi connectivity index (χ4v) is 3.97. The number of hydrogen-bond donors (Lipinski definition) is 2. The highest BCUT2D eigenvalue weighted by atomic mass is 19.1. The molecule has 0 heterocycles. The summed E-state index contributed by atoms with van der Waals surface area (Å²) < 4.78 is 26.1. The topological polar surface area (TPSA) is 89.0 Å². The molecule has 0 fully saturated rings. The summed E-state index contributed by atoms with van der Waals surface area (Å²) in [6.45, 7) is 12.2. The second kappa shape index (κ2) is 14.6. The lowest BCUT2D eigenvalue weighted by Crippen LogP contribution is -2.48. The Bertz CT molecular complexity index is 1350. The first kappa shape index (κ1) is 30.1. The van der Waals surface area contributed by atoms with Crippen LogP contribution in [0.25, 0.3) is 0 Å². The van der Waals surface area contributed by atoms with Crippen LogP contribution in [0.3, 0.4) is 0 Å². The van der Waals surface area contributed by atoms with E-state index in [-0.39, 0.29) is 11.5 Å². The van der Waals surface area contributed by atoms with Crippen LogP contribution in [0.15, 0.2) is 78.4 Å². The molecule has 0 bridgehead atoms. The molecule has 1 atom stereocenters. The Balaban J connectivity index is 1.76. The summed E-state index contributed by atoms with van der Waals surface area (Å²) >= 11 is 0. The molecule has 8 heteroatoms. The maximum atomic E-state index is 14.0. The number of hydrazone groups is 1. The van der Waals surface area contributed by atoms with Gasteiger partial charge in [0.25, 0.3) is 11.8 Å².